The van der Waals surface area contributed by atoms with Gasteiger partial charge in [-0.15, -0.1) is 0 Å². The Hall–Kier alpha value is -2.08. The molecule has 2 aromatic carbocycles. The number of benzene rings is 2. The molecule has 0 saturated heterocycles. The van der Waals surface area contributed by atoms with E-state index in [1.54, 1.807) is 18.2 Å². The molecule has 2 aromatic rings. The Labute approximate surface area is 123 Å². The van der Waals surface area contributed by atoms with Crippen LogP contribution in [0.15, 0.2) is 40.9 Å². The van der Waals surface area contributed by atoms with Crippen LogP contribution in [0.2, 0.25) is 0 Å². The molecule has 20 heavy (non-hydrogen) atoms. The van der Waals surface area contributed by atoms with Crippen LogP contribution in [-0.4, -0.2) is 11.1 Å². The Bertz CT molecular complexity index is 661. The first-order chi connectivity index (χ1) is 9.49. The summed E-state index contributed by atoms with van der Waals surface area (Å²) in [4.78, 5) is 11.2. The van der Waals surface area contributed by atoms with Gasteiger partial charge in [-0.1, -0.05) is 12.1 Å². The molecule has 0 aliphatic heterocycles. The van der Waals surface area contributed by atoms with Crippen molar-refractivity contribution in [2.45, 2.75) is 6.61 Å². The van der Waals surface area contributed by atoms with Gasteiger partial charge in [0, 0.05) is 17.3 Å². The molecule has 0 aliphatic carbocycles. The zero-order valence-electron chi connectivity index (χ0n) is 10.3. The van der Waals surface area contributed by atoms with Crippen molar-refractivity contribution in [2.75, 3.05) is 5.73 Å². The van der Waals surface area contributed by atoms with Crippen molar-refractivity contribution in [3.63, 3.8) is 0 Å². The molecule has 0 aliphatic rings. The third-order valence-electron chi connectivity index (χ3n) is 2.68. The molecule has 2 rings (SSSR count). The molecule has 0 unspecified atom stereocenters. The van der Waals surface area contributed by atoms with Crippen molar-refractivity contribution in [1.82, 2.24) is 0 Å². The van der Waals surface area contributed by atoms with Crippen LogP contribution < -0.4 is 10.5 Å². The summed E-state index contributed by atoms with van der Waals surface area (Å²) in [7, 11) is 0. The average molecular weight is 340 g/mol. The van der Waals surface area contributed by atoms with Gasteiger partial charge in [0.15, 0.2) is 0 Å². The number of hydrogen-bond acceptors (Lipinski definition) is 3. The second-order valence-electron chi connectivity index (χ2n) is 4.05. The minimum Gasteiger partial charge on any atom is -0.489 e. The first-order valence-electron chi connectivity index (χ1n) is 5.67. The van der Waals surface area contributed by atoms with Crippen molar-refractivity contribution in [1.29, 1.82) is 0 Å². The number of nitrogens with two attached hydrogens (primary N) is 1. The summed E-state index contributed by atoms with van der Waals surface area (Å²) in [5, 5.41) is 9.12. The smallest absolute Gasteiger partial charge is 0.338 e. The fraction of sp³-hybridized carbons (Fsp3) is 0.0714. The summed E-state index contributed by atoms with van der Waals surface area (Å²) in [5.41, 5.74) is 6.24. The summed E-state index contributed by atoms with van der Waals surface area (Å²) in [6.07, 6.45) is 0. The maximum Gasteiger partial charge on any atom is 0.338 e. The molecule has 0 atom stereocenters. The molecular weight excluding hydrogens is 329 g/mol. The Morgan fingerprint density at radius 3 is 2.75 bits per heavy atom. The molecule has 0 aromatic heterocycles. The lowest BCUT2D eigenvalue weighted by Crippen LogP contribution is -2.09. The number of carboxylic acids is 1. The fourth-order valence-electron chi connectivity index (χ4n) is 1.73. The van der Waals surface area contributed by atoms with E-state index in [4.69, 9.17) is 15.6 Å². The van der Waals surface area contributed by atoms with Crippen molar-refractivity contribution in [2.24, 2.45) is 0 Å². The summed E-state index contributed by atoms with van der Waals surface area (Å²) in [5.74, 6) is -1.26. The quantitative estimate of drug-likeness (QED) is 0.837. The standard InChI is InChI=1S/C14H11BrFNO3/c15-10-5-4-9(6-11(10)16)20-7-8-2-1-3-12(17)13(8)14(18)19/h1-6H,7,17H2,(H,18,19). The minimum absolute atomic E-state index is 0.00471. The lowest BCUT2D eigenvalue weighted by molar-refractivity contribution is 0.0695. The van der Waals surface area contributed by atoms with Gasteiger partial charge in [0.05, 0.1) is 10.0 Å². The summed E-state index contributed by atoms with van der Waals surface area (Å²) in [6.45, 7) is -0.00620. The zero-order chi connectivity index (χ0) is 14.7. The number of carbonyl (C=O) groups is 1. The fourth-order valence-corrected chi connectivity index (χ4v) is 1.98. The van der Waals surface area contributed by atoms with E-state index in [9.17, 15) is 9.18 Å². The predicted octanol–water partition coefficient (Wildman–Crippen LogP) is 3.45. The molecule has 104 valence electrons. The van der Waals surface area contributed by atoms with Crippen molar-refractivity contribution >= 4 is 27.6 Å². The molecule has 3 N–H and O–H groups in total. The zero-order valence-corrected chi connectivity index (χ0v) is 11.9. The van der Waals surface area contributed by atoms with E-state index in [0.717, 1.165) is 0 Å². The van der Waals surface area contributed by atoms with Crippen molar-refractivity contribution < 1.29 is 19.0 Å². The lowest BCUT2D eigenvalue weighted by Gasteiger charge is -2.10. The molecule has 6 heteroatoms. The monoisotopic (exact) mass is 339 g/mol. The van der Waals surface area contributed by atoms with Gasteiger partial charge >= 0.3 is 5.97 Å². The third kappa shape index (κ3) is 3.08. The maximum atomic E-state index is 13.3. The van der Waals surface area contributed by atoms with Crippen LogP contribution in [0.5, 0.6) is 5.75 Å². The highest BCUT2D eigenvalue weighted by Gasteiger charge is 2.14. The molecular formula is C14H11BrFNO3. The molecule has 4 nitrogen and oxygen atoms in total. The first-order valence-corrected chi connectivity index (χ1v) is 6.47. The average Bonchev–Trinajstić information content (AvgIpc) is 2.39. The second-order valence-corrected chi connectivity index (χ2v) is 4.91. The Morgan fingerprint density at radius 1 is 1.35 bits per heavy atom. The third-order valence-corrected chi connectivity index (χ3v) is 3.33. The van der Waals surface area contributed by atoms with E-state index >= 15 is 0 Å². The Kier molecular flexibility index (Phi) is 4.24. The molecule has 0 saturated carbocycles. The summed E-state index contributed by atoms with van der Waals surface area (Å²) < 4.78 is 19.1. The van der Waals surface area contributed by atoms with Gasteiger partial charge in [-0.25, -0.2) is 9.18 Å². The molecule has 0 fully saturated rings. The van der Waals surface area contributed by atoms with Gasteiger partial charge in [-0.3, -0.25) is 0 Å². The molecule has 0 amide bonds. The van der Waals surface area contributed by atoms with E-state index < -0.39 is 11.8 Å². The number of nitrogen functional groups attached to an aromatic ring is 1. The Morgan fingerprint density at radius 2 is 2.10 bits per heavy atom. The topological polar surface area (TPSA) is 72.5 Å². The highest BCUT2D eigenvalue weighted by atomic mass is 79.9. The van der Waals surface area contributed by atoms with E-state index in [1.807, 2.05) is 0 Å². The highest BCUT2D eigenvalue weighted by molar-refractivity contribution is 9.10. The van der Waals surface area contributed by atoms with Crippen LogP contribution in [0.1, 0.15) is 15.9 Å². The van der Waals surface area contributed by atoms with Crippen LogP contribution in [0.3, 0.4) is 0 Å². The number of carboxylic acid groups (broad SMARTS) is 1. The second kappa shape index (κ2) is 5.92. The SMILES string of the molecule is Nc1cccc(COc2ccc(Br)c(F)c2)c1C(=O)O. The lowest BCUT2D eigenvalue weighted by atomic mass is 10.1. The molecule has 0 radical (unpaired) electrons. The highest BCUT2D eigenvalue weighted by Crippen LogP contribution is 2.23. The van der Waals surface area contributed by atoms with Crippen molar-refractivity contribution in [3.8, 4) is 5.75 Å². The van der Waals surface area contributed by atoms with Crippen LogP contribution in [0.4, 0.5) is 10.1 Å². The van der Waals surface area contributed by atoms with E-state index in [-0.39, 0.29) is 17.9 Å². The van der Waals surface area contributed by atoms with E-state index in [2.05, 4.69) is 15.9 Å². The van der Waals surface area contributed by atoms with Gasteiger partial charge in [0.25, 0.3) is 0 Å². The van der Waals surface area contributed by atoms with Crippen molar-refractivity contribution in [3.05, 3.63) is 57.8 Å². The minimum atomic E-state index is -1.12. The number of hydrogen-bond donors (Lipinski definition) is 2. The largest absolute Gasteiger partial charge is 0.489 e. The van der Waals surface area contributed by atoms with E-state index in [1.165, 1.54) is 18.2 Å². The summed E-state index contributed by atoms with van der Waals surface area (Å²) >= 11 is 3.04. The number of halogens is 2. The predicted molar refractivity (Wildman–Crippen MR) is 76.2 cm³/mol. The number of anilines is 1. The van der Waals surface area contributed by atoms with E-state index in [0.29, 0.717) is 15.8 Å². The molecule has 0 bridgehead atoms. The molecule has 0 heterocycles. The van der Waals surface area contributed by atoms with Crippen LogP contribution >= 0.6 is 15.9 Å². The van der Waals surface area contributed by atoms with Crippen LogP contribution in [0, 0.1) is 5.82 Å². The summed E-state index contributed by atoms with van der Waals surface area (Å²) in [6, 6.07) is 9.07. The van der Waals surface area contributed by atoms with Gasteiger partial charge in [0.2, 0.25) is 0 Å². The van der Waals surface area contributed by atoms with Crippen LogP contribution in [-0.2, 0) is 6.61 Å². The number of rotatable bonds is 4. The van der Waals surface area contributed by atoms with Crippen LogP contribution in [0.25, 0.3) is 0 Å². The first kappa shape index (κ1) is 14.3. The number of ether oxygens (including phenoxy) is 1. The normalized spacial score (nSPS) is 10.3. The van der Waals surface area contributed by atoms with Gasteiger partial charge in [-0.2, -0.15) is 0 Å². The maximum absolute atomic E-state index is 13.3. The van der Waals surface area contributed by atoms with Gasteiger partial charge in [0.1, 0.15) is 18.2 Å². The molecule has 0 spiro atoms. The Balaban J connectivity index is 2.21. The number of aromatic carboxylic acids is 1. The van der Waals surface area contributed by atoms with Gasteiger partial charge < -0.3 is 15.6 Å². The van der Waals surface area contributed by atoms with Gasteiger partial charge in [-0.05, 0) is 34.1 Å².